The number of benzene rings is 2. The number of rotatable bonds is 9. The van der Waals surface area contributed by atoms with E-state index in [0.717, 1.165) is 0 Å². The maximum absolute atomic E-state index is 14.3. The van der Waals surface area contributed by atoms with E-state index in [9.17, 15) is 13.0 Å². The minimum Gasteiger partial charge on any atom is -0.490 e. The van der Waals surface area contributed by atoms with Crippen LogP contribution in [0.5, 0.6) is 11.5 Å². The van der Waals surface area contributed by atoms with E-state index in [1.807, 2.05) is 0 Å². The number of ether oxygens (including phenoxy) is 5. The van der Waals surface area contributed by atoms with Crippen molar-refractivity contribution in [1.82, 2.24) is 9.97 Å². The molecule has 0 amide bonds. The first-order valence-electron chi connectivity index (χ1n) is 11.9. The van der Waals surface area contributed by atoms with Gasteiger partial charge in [0.15, 0.2) is 6.10 Å². The molecular formula is C25H28F2N4O6S. The van der Waals surface area contributed by atoms with Crippen LogP contribution in [0.25, 0.3) is 10.9 Å². The fraction of sp³-hybridized carbons (Fsp3) is 0.440. The number of anilines is 2. The van der Waals surface area contributed by atoms with E-state index < -0.39 is 28.3 Å². The van der Waals surface area contributed by atoms with Crippen molar-refractivity contribution in [2.45, 2.75) is 24.4 Å². The van der Waals surface area contributed by atoms with Crippen LogP contribution < -0.4 is 14.8 Å². The van der Waals surface area contributed by atoms with E-state index >= 15 is 0 Å². The second-order valence-corrected chi connectivity index (χ2v) is 11.7. The number of hydrogen-bond donors (Lipinski definition) is 1. The van der Waals surface area contributed by atoms with Gasteiger partial charge in [-0.2, -0.15) is 4.36 Å². The number of nitrogens with zero attached hydrogens (tertiary/aromatic N) is 3. The van der Waals surface area contributed by atoms with Crippen LogP contribution in [0.3, 0.4) is 0 Å². The number of alkyl halides is 1. The van der Waals surface area contributed by atoms with E-state index in [1.54, 1.807) is 19.2 Å². The zero-order chi connectivity index (χ0) is 26.9. The quantitative estimate of drug-likeness (QED) is 0.425. The Kier molecular flexibility index (Phi) is 7.61. The topological polar surface area (TPSA) is 113 Å². The molecule has 0 saturated carbocycles. The Labute approximate surface area is 218 Å². The van der Waals surface area contributed by atoms with E-state index in [4.69, 9.17) is 23.7 Å². The van der Waals surface area contributed by atoms with E-state index in [-0.39, 0.29) is 43.0 Å². The molecule has 0 spiro atoms. The standard InChI is InChI=1S/C25H28F2N4O6S/c1-33-20-11-35-24-21(12-36-23(20)24)37-18-8-14(27)4-5-16(18)30-25-22-17(28-13-29-25)9-15(31-38(2,3)32)10-19(22)34-7-6-26/h4-5,8-10,13,20-21,23-24H,6-7,11-12H2,1-3H3,(H,28,29,30)/t20-,21-,23-,24-/m1/s1. The van der Waals surface area contributed by atoms with Crippen LogP contribution in [-0.2, 0) is 23.9 Å². The van der Waals surface area contributed by atoms with Gasteiger partial charge in [0, 0.05) is 41.5 Å². The van der Waals surface area contributed by atoms with Crippen molar-refractivity contribution in [3.05, 3.63) is 42.5 Å². The first kappa shape index (κ1) is 26.5. The monoisotopic (exact) mass is 550 g/mol. The lowest BCUT2D eigenvalue weighted by molar-refractivity contribution is -0.0138. The second kappa shape index (κ2) is 10.9. The molecule has 2 saturated heterocycles. The van der Waals surface area contributed by atoms with Crippen LogP contribution in [0.2, 0.25) is 0 Å². The third kappa shape index (κ3) is 5.65. The zero-order valence-corrected chi connectivity index (χ0v) is 21.9. The molecule has 0 radical (unpaired) electrons. The van der Waals surface area contributed by atoms with Gasteiger partial charge in [0.2, 0.25) is 0 Å². The maximum Gasteiger partial charge on any atom is 0.151 e. The zero-order valence-electron chi connectivity index (χ0n) is 21.1. The second-order valence-electron chi connectivity index (χ2n) is 9.16. The third-order valence-corrected chi connectivity index (χ3v) is 6.74. The highest BCUT2D eigenvalue weighted by Crippen LogP contribution is 2.39. The van der Waals surface area contributed by atoms with Gasteiger partial charge in [0.05, 0.1) is 35.5 Å². The van der Waals surface area contributed by atoms with Gasteiger partial charge in [0.1, 0.15) is 61.1 Å². The Morgan fingerprint density at radius 1 is 1.11 bits per heavy atom. The highest BCUT2D eigenvalue weighted by atomic mass is 32.2. The summed E-state index contributed by atoms with van der Waals surface area (Å²) in [5.74, 6) is 0.312. The number of hydrogen-bond acceptors (Lipinski definition) is 10. The predicted octanol–water partition coefficient (Wildman–Crippen LogP) is 3.78. The van der Waals surface area contributed by atoms with Gasteiger partial charge in [-0.05, 0) is 18.2 Å². The van der Waals surface area contributed by atoms with Crippen molar-refractivity contribution in [3.8, 4) is 11.5 Å². The summed E-state index contributed by atoms with van der Waals surface area (Å²) in [6, 6.07) is 7.27. The van der Waals surface area contributed by atoms with Gasteiger partial charge >= 0.3 is 0 Å². The fourth-order valence-corrected chi connectivity index (χ4v) is 5.14. The Morgan fingerprint density at radius 3 is 2.61 bits per heavy atom. The summed E-state index contributed by atoms with van der Waals surface area (Å²) in [6.45, 7) is -0.287. The lowest BCUT2D eigenvalue weighted by Gasteiger charge is -2.21. The molecule has 4 atom stereocenters. The number of fused-ring (bicyclic) bond motifs is 2. The summed E-state index contributed by atoms with van der Waals surface area (Å²) in [6.07, 6.45) is 3.05. The largest absolute Gasteiger partial charge is 0.490 e. The molecule has 10 nitrogen and oxygen atoms in total. The van der Waals surface area contributed by atoms with Crippen LogP contribution in [0.4, 0.5) is 26.0 Å². The molecule has 0 bridgehead atoms. The van der Waals surface area contributed by atoms with Crippen LogP contribution >= 0.6 is 0 Å². The van der Waals surface area contributed by atoms with Crippen molar-refractivity contribution < 1.29 is 36.7 Å². The summed E-state index contributed by atoms with van der Waals surface area (Å²) in [4.78, 5) is 8.65. The van der Waals surface area contributed by atoms with Gasteiger partial charge in [-0.3, -0.25) is 0 Å². The smallest absolute Gasteiger partial charge is 0.151 e. The maximum atomic E-state index is 14.3. The number of halogens is 2. The SMILES string of the molecule is CO[C@@H]1CO[C@H]2[C@@H]1OC[C@H]2Oc1cc(F)ccc1Nc1ncnc2cc(N=S(C)(C)=O)cc(OCCF)c12. The van der Waals surface area contributed by atoms with Crippen molar-refractivity contribution >= 4 is 37.8 Å². The number of nitrogens with one attached hydrogen (secondary N) is 1. The van der Waals surface area contributed by atoms with Gasteiger partial charge in [-0.15, -0.1) is 0 Å². The first-order valence-corrected chi connectivity index (χ1v) is 14.2. The first-order chi connectivity index (χ1) is 18.3. The molecule has 0 aliphatic carbocycles. The Bertz CT molecular complexity index is 1440. The molecule has 1 aromatic heterocycles. The molecule has 5 rings (SSSR count). The highest BCUT2D eigenvalue weighted by Gasteiger charge is 2.49. The Morgan fingerprint density at radius 2 is 1.87 bits per heavy atom. The molecule has 3 heterocycles. The van der Waals surface area contributed by atoms with Gasteiger partial charge in [-0.25, -0.2) is 23.0 Å². The number of aromatic nitrogens is 2. The molecule has 2 aliphatic rings. The van der Waals surface area contributed by atoms with E-state index in [1.165, 1.54) is 37.0 Å². The predicted molar refractivity (Wildman–Crippen MR) is 137 cm³/mol. The lowest BCUT2D eigenvalue weighted by atomic mass is 10.1. The van der Waals surface area contributed by atoms with Gasteiger partial charge in [-0.1, -0.05) is 0 Å². The number of methoxy groups -OCH3 is 1. The summed E-state index contributed by atoms with van der Waals surface area (Å²) >= 11 is 0. The van der Waals surface area contributed by atoms with Crippen molar-refractivity contribution in [3.63, 3.8) is 0 Å². The molecular weight excluding hydrogens is 522 g/mol. The van der Waals surface area contributed by atoms with Crippen LogP contribution in [0, 0.1) is 5.82 Å². The van der Waals surface area contributed by atoms with Crippen molar-refractivity contribution in [1.29, 1.82) is 0 Å². The molecule has 2 aromatic carbocycles. The fourth-order valence-electron chi connectivity index (χ4n) is 4.52. The minimum absolute atomic E-state index is 0.195. The summed E-state index contributed by atoms with van der Waals surface area (Å²) in [7, 11) is -0.871. The van der Waals surface area contributed by atoms with E-state index in [2.05, 4.69) is 19.6 Å². The molecule has 38 heavy (non-hydrogen) atoms. The molecule has 0 unspecified atom stereocenters. The van der Waals surface area contributed by atoms with Crippen molar-refractivity contribution in [2.24, 2.45) is 4.36 Å². The lowest BCUT2D eigenvalue weighted by Crippen LogP contribution is -2.35. The van der Waals surface area contributed by atoms with Crippen molar-refractivity contribution in [2.75, 3.05) is 51.4 Å². The van der Waals surface area contributed by atoms with Crippen LogP contribution in [0.15, 0.2) is 41.0 Å². The van der Waals surface area contributed by atoms with Gasteiger partial charge < -0.3 is 29.0 Å². The molecule has 13 heteroatoms. The average molecular weight is 551 g/mol. The molecule has 204 valence electrons. The molecule has 3 aromatic rings. The molecule has 2 aliphatic heterocycles. The highest BCUT2D eigenvalue weighted by molar-refractivity contribution is 7.92. The van der Waals surface area contributed by atoms with Crippen LogP contribution in [-0.4, -0.2) is 84.7 Å². The van der Waals surface area contributed by atoms with E-state index in [0.29, 0.717) is 34.7 Å². The van der Waals surface area contributed by atoms with Crippen LogP contribution in [0.1, 0.15) is 0 Å². The molecule has 2 fully saturated rings. The summed E-state index contributed by atoms with van der Waals surface area (Å²) in [5.41, 5.74) is 1.23. The Balaban J connectivity index is 1.50. The normalized spacial score (nSPS) is 22.9. The third-order valence-electron chi connectivity index (χ3n) is 6.09. The Hall–Kier alpha value is -3.13. The summed E-state index contributed by atoms with van der Waals surface area (Å²) < 4.78 is 72.6. The van der Waals surface area contributed by atoms with Gasteiger partial charge in [0.25, 0.3) is 0 Å². The average Bonchev–Trinajstić information content (AvgIpc) is 3.45. The molecule has 1 N–H and O–H groups in total. The summed E-state index contributed by atoms with van der Waals surface area (Å²) in [5, 5.41) is 3.62. The minimum atomic E-state index is -2.47.